The van der Waals surface area contributed by atoms with Crippen molar-refractivity contribution < 1.29 is 13.2 Å². The molecule has 0 unspecified atom stereocenters. The Hall–Kier alpha value is -0.750. The summed E-state index contributed by atoms with van der Waals surface area (Å²) in [6, 6.07) is 4.61. The topological polar surface area (TPSA) is 15.3 Å². The van der Waals surface area contributed by atoms with Gasteiger partial charge in [0.25, 0.3) is 0 Å². The van der Waals surface area contributed by atoms with Gasteiger partial charge in [0.1, 0.15) is 0 Å². The minimum absolute atomic E-state index is 0.471. The highest BCUT2D eigenvalue weighted by atomic mass is 79.9. The first-order valence-electron chi connectivity index (χ1n) is 7.26. The fraction of sp³-hybridized carbons (Fsp3) is 0.600. The Balaban J connectivity index is 2.05. The lowest BCUT2D eigenvalue weighted by Crippen LogP contribution is -2.42. The van der Waals surface area contributed by atoms with Crippen LogP contribution in [0.1, 0.15) is 31.7 Å². The summed E-state index contributed by atoms with van der Waals surface area (Å²) in [6.45, 7) is 4.70. The van der Waals surface area contributed by atoms with E-state index in [9.17, 15) is 13.2 Å². The zero-order valence-electron chi connectivity index (χ0n) is 12.0. The fourth-order valence-electron chi connectivity index (χ4n) is 2.61. The molecule has 0 amide bonds. The van der Waals surface area contributed by atoms with Crippen LogP contribution in [-0.2, 0) is 6.18 Å². The molecule has 0 aliphatic carbocycles. The van der Waals surface area contributed by atoms with Gasteiger partial charge in [0, 0.05) is 29.3 Å². The van der Waals surface area contributed by atoms with Crippen molar-refractivity contribution in [1.82, 2.24) is 5.32 Å². The van der Waals surface area contributed by atoms with Crippen LogP contribution in [0.3, 0.4) is 0 Å². The third kappa shape index (κ3) is 4.61. The molecule has 0 aromatic heterocycles. The van der Waals surface area contributed by atoms with Crippen molar-refractivity contribution in [3.05, 3.63) is 28.2 Å². The van der Waals surface area contributed by atoms with Gasteiger partial charge < -0.3 is 10.2 Å². The summed E-state index contributed by atoms with van der Waals surface area (Å²) >= 11 is 3.18. The minimum atomic E-state index is -4.31. The number of rotatable bonds is 4. The van der Waals surface area contributed by atoms with E-state index in [0.717, 1.165) is 45.0 Å². The van der Waals surface area contributed by atoms with Gasteiger partial charge in [-0.1, -0.05) is 22.9 Å². The van der Waals surface area contributed by atoms with E-state index in [1.54, 1.807) is 6.07 Å². The maximum atomic E-state index is 12.9. The lowest BCUT2D eigenvalue weighted by Gasteiger charge is -2.34. The average molecular weight is 365 g/mol. The second-order valence-corrected chi connectivity index (χ2v) is 6.33. The fourth-order valence-corrected chi connectivity index (χ4v) is 3.09. The molecule has 0 saturated carbocycles. The van der Waals surface area contributed by atoms with Crippen molar-refractivity contribution in [2.45, 2.75) is 38.4 Å². The molecule has 2 nitrogen and oxygen atoms in total. The van der Waals surface area contributed by atoms with Gasteiger partial charge in [0.2, 0.25) is 0 Å². The number of halogens is 4. The van der Waals surface area contributed by atoms with Gasteiger partial charge in [0.15, 0.2) is 0 Å². The Labute approximate surface area is 131 Å². The number of alkyl halides is 3. The van der Waals surface area contributed by atoms with Crippen LogP contribution >= 0.6 is 15.9 Å². The lowest BCUT2D eigenvalue weighted by molar-refractivity contribution is -0.137. The number of anilines is 1. The molecule has 1 aliphatic heterocycles. The van der Waals surface area contributed by atoms with Crippen LogP contribution in [0.15, 0.2) is 22.7 Å². The molecule has 1 aliphatic rings. The molecule has 0 bridgehead atoms. The summed E-state index contributed by atoms with van der Waals surface area (Å²) in [5, 5.41) is 3.47. The highest BCUT2D eigenvalue weighted by Crippen LogP contribution is 2.35. The van der Waals surface area contributed by atoms with Gasteiger partial charge >= 0.3 is 6.18 Å². The van der Waals surface area contributed by atoms with Crippen LogP contribution in [-0.4, -0.2) is 25.7 Å². The molecule has 1 heterocycles. The van der Waals surface area contributed by atoms with Crippen LogP contribution in [0.5, 0.6) is 0 Å². The number of hydrogen-bond donors (Lipinski definition) is 1. The number of hydrogen-bond acceptors (Lipinski definition) is 2. The van der Waals surface area contributed by atoms with Crippen LogP contribution in [0.25, 0.3) is 0 Å². The molecule has 6 heteroatoms. The summed E-state index contributed by atoms with van der Waals surface area (Å²) in [5.41, 5.74) is 0.0451. The van der Waals surface area contributed by atoms with Gasteiger partial charge in [-0.15, -0.1) is 0 Å². The van der Waals surface area contributed by atoms with Gasteiger partial charge in [-0.25, -0.2) is 0 Å². The standard InChI is InChI=1S/C15H20BrF3N2/c1-2-5-20-13-3-6-21(7-4-13)14-9-11(15(17,18)19)8-12(16)10-14/h8-10,13,20H,2-7H2,1H3. The SMILES string of the molecule is CCCNC1CCN(c2cc(Br)cc(C(F)(F)F)c2)CC1. The van der Waals surface area contributed by atoms with Gasteiger partial charge in [-0.2, -0.15) is 13.2 Å². The molecule has 1 aromatic carbocycles. The number of benzene rings is 1. The average Bonchev–Trinajstić information content (AvgIpc) is 2.44. The largest absolute Gasteiger partial charge is 0.416 e. The van der Waals surface area contributed by atoms with Gasteiger partial charge in [-0.3, -0.25) is 0 Å². The van der Waals surface area contributed by atoms with Gasteiger partial charge in [0.05, 0.1) is 5.56 Å². The first-order valence-corrected chi connectivity index (χ1v) is 8.05. The molecule has 0 spiro atoms. The Morgan fingerprint density at radius 2 is 1.90 bits per heavy atom. The van der Waals surface area contributed by atoms with Crippen molar-refractivity contribution in [2.24, 2.45) is 0 Å². The number of nitrogens with one attached hydrogen (secondary N) is 1. The van der Waals surface area contributed by atoms with Crippen LogP contribution in [0, 0.1) is 0 Å². The van der Waals surface area contributed by atoms with Crippen molar-refractivity contribution in [3.8, 4) is 0 Å². The molecular formula is C15H20BrF3N2. The van der Waals surface area contributed by atoms with Crippen LogP contribution in [0.4, 0.5) is 18.9 Å². The van der Waals surface area contributed by atoms with E-state index < -0.39 is 11.7 Å². The van der Waals surface area contributed by atoms with E-state index >= 15 is 0 Å². The van der Waals surface area contributed by atoms with E-state index in [4.69, 9.17) is 0 Å². The molecule has 0 atom stereocenters. The Morgan fingerprint density at radius 1 is 1.24 bits per heavy atom. The van der Waals surface area contributed by atoms with Crippen LogP contribution in [0.2, 0.25) is 0 Å². The first-order chi connectivity index (χ1) is 9.90. The second kappa shape index (κ2) is 7.01. The quantitative estimate of drug-likeness (QED) is 0.849. The number of piperidine rings is 1. The summed E-state index contributed by atoms with van der Waals surface area (Å²) in [5.74, 6) is 0. The Morgan fingerprint density at radius 3 is 2.48 bits per heavy atom. The maximum absolute atomic E-state index is 12.9. The molecule has 2 rings (SSSR count). The summed E-state index contributed by atoms with van der Waals surface area (Å²) < 4.78 is 39.1. The van der Waals surface area contributed by atoms with Crippen molar-refractivity contribution in [2.75, 3.05) is 24.5 Å². The zero-order valence-corrected chi connectivity index (χ0v) is 13.6. The molecule has 0 radical (unpaired) electrons. The predicted octanol–water partition coefficient (Wildman–Crippen LogP) is 4.44. The van der Waals surface area contributed by atoms with Crippen molar-refractivity contribution in [1.29, 1.82) is 0 Å². The minimum Gasteiger partial charge on any atom is -0.371 e. The second-order valence-electron chi connectivity index (χ2n) is 5.41. The van der Waals surface area contributed by atoms with Crippen LogP contribution < -0.4 is 10.2 Å². The normalized spacial score (nSPS) is 17.3. The molecular weight excluding hydrogens is 345 g/mol. The zero-order chi connectivity index (χ0) is 15.5. The molecule has 21 heavy (non-hydrogen) atoms. The summed E-state index contributed by atoms with van der Waals surface area (Å²) in [4.78, 5) is 2.03. The highest BCUT2D eigenvalue weighted by Gasteiger charge is 2.32. The molecule has 1 aromatic rings. The van der Waals surface area contributed by atoms with E-state index in [1.807, 2.05) is 4.90 Å². The predicted molar refractivity (Wildman–Crippen MR) is 82.7 cm³/mol. The third-order valence-electron chi connectivity index (χ3n) is 3.75. The monoisotopic (exact) mass is 364 g/mol. The molecule has 1 N–H and O–H groups in total. The highest BCUT2D eigenvalue weighted by molar-refractivity contribution is 9.10. The van der Waals surface area contributed by atoms with E-state index in [-0.39, 0.29) is 0 Å². The first kappa shape index (κ1) is 16.6. The lowest BCUT2D eigenvalue weighted by atomic mass is 10.0. The maximum Gasteiger partial charge on any atom is 0.416 e. The number of nitrogens with zero attached hydrogens (tertiary/aromatic N) is 1. The van der Waals surface area contributed by atoms with E-state index in [1.165, 1.54) is 6.07 Å². The van der Waals surface area contributed by atoms with E-state index in [2.05, 4.69) is 28.2 Å². The molecule has 118 valence electrons. The summed E-state index contributed by atoms with van der Waals surface area (Å²) in [7, 11) is 0. The van der Waals surface area contributed by atoms with Gasteiger partial charge in [-0.05, 0) is 44.0 Å². The Bertz CT molecular complexity index is 468. The molecule has 1 fully saturated rings. The third-order valence-corrected chi connectivity index (χ3v) is 4.21. The van der Waals surface area contributed by atoms with E-state index in [0.29, 0.717) is 16.2 Å². The Kier molecular flexibility index (Phi) is 5.54. The van der Waals surface area contributed by atoms with Crippen molar-refractivity contribution >= 4 is 21.6 Å². The summed E-state index contributed by atoms with van der Waals surface area (Å²) in [6.07, 6.45) is -1.28. The van der Waals surface area contributed by atoms with Crippen molar-refractivity contribution in [3.63, 3.8) is 0 Å². The molecule has 1 saturated heterocycles. The smallest absolute Gasteiger partial charge is 0.371 e.